The molecule has 136 valence electrons. The van der Waals surface area contributed by atoms with Crippen molar-refractivity contribution in [3.8, 4) is 0 Å². The van der Waals surface area contributed by atoms with Gasteiger partial charge in [0.25, 0.3) is 0 Å². The van der Waals surface area contributed by atoms with Crippen LogP contribution in [0.4, 0.5) is 0 Å². The van der Waals surface area contributed by atoms with Gasteiger partial charge >= 0.3 is 0 Å². The summed E-state index contributed by atoms with van der Waals surface area (Å²) in [6.45, 7) is 13.2. The van der Waals surface area contributed by atoms with E-state index in [1.165, 1.54) is 4.88 Å². The average Bonchev–Trinajstić information content (AvgIpc) is 2.84. The number of nitrogens with one attached hydrogen (secondary N) is 2. The van der Waals surface area contributed by atoms with E-state index in [4.69, 9.17) is 4.74 Å². The Morgan fingerprint density at radius 3 is 2.58 bits per heavy atom. The number of nitrogens with zero attached hydrogens (tertiary/aromatic N) is 3. The highest BCUT2D eigenvalue weighted by Crippen LogP contribution is 2.15. The van der Waals surface area contributed by atoms with E-state index in [0.29, 0.717) is 12.2 Å². The first kappa shape index (κ1) is 19.1. The second kappa shape index (κ2) is 9.34. The number of thiazole rings is 1. The number of guanidine groups is 1. The largest absolute Gasteiger partial charge is 0.373 e. The topological polar surface area (TPSA) is 61.8 Å². The number of morpholine rings is 1. The number of aromatic nitrogens is 1. The first-order valence-electron chi connectivity index (χ1n) is 8.73. The van der Waals surface area contributed by atoms with Crippen molar-refractivity contribution in [1.29, 1.82) is 0 Å². The summed E-state index contributed by atoms with van der Waals surface area (Å²) in [5, 5.41) is 7.81. The normalized spacial score (nSPS) is 22.6. The van der Waals surface area contributed by atoms with Crippen LogP contribution in [0.1, 0.15) is 35.8 Å². The standard InChI is InChI=1S/C17H31N5OS/c1-12-10-22(11-13(2)23-12)8-6-7-19-17(18-5)20-9-16-21-14(3)15(4)24-16/h12-13H,6-11H2,1-5H3,(H2,18,19,20). The van der Waals surface area contributed by atoms with Crippen molar-refractivity contribution in [3.63, 3.8) is 0 Å². The Labute approximate surface area is 149 Å². The first-order chi connectivity index (χ1) is 11.5. The minimum Gasteiger partial charge on any atom is -0.373 e. The minimum absolute atomic E-state index is 0.335. The summed E-state index contributed by atoms with van der Waals surface area (Å²) in [6.07, 6.45) is 1.76. The van der Waals surface area contributed by atoms with E-state index in [-0.39, 0.29) is 0 Å². The van der Waals surface area contributed by atoms with Gasteiger partial charge < -0.3 is 15.4 Å². The van der Waals surface area contributed by atoms with Gasteiger partial charge in [-0.15, -0.1) is 11.3 Å². The third-order valence-electron chi connectivity index (χ3n) is 4.14. The predicted octanol–water partition coefficient (Wildman–Crippen LogP) is 1.92. The van der Waals surface area contributed by atoms with Crippen LogP contribution in [0.5, 0.6) is 0 Å². The smallest absolute Gasteiger partial charge is 0.191 e. The fourth-order valence-electron chi connectivity index (χ4n) is 2.97. The van der Waals surface area contributed by atoms with E-state index < -0.39 is 0 Å². The number of hydrogen-bond acceptors (Lipinski definition) is 5. The monoisotopic (exact) mass is 353 g/mol. The summed E-state index contributed by atoms with van der Waals surface area (Å²) < 4.78 is 5.77. The Bertz CT molecular complexity index is 516. The average molecular weight is 354 g/mol. The van der Waals surface area contributed by atoms with Gasteiger partial charge in [0.15, 0.2) is 5.96 Å². The van der Waals surface area contributed by atoms with Crippen LogP contribution >= 0.6 is 11.3 Å². The molecule has 2 atom stereocenters. The van der Waals surface area contributed by atoms with Gasteiger partial charge in [-0.1, -0.05) is 0 Å². The van der Waals surface area contributed by atoms with Crippen molar-refractivity contribution in [2.24, 2.45) is 4.99 Å². The van der Waals surface area contributed by atoms with Gasteiger partial charge in [0.1, 0.15) is 5.01 Å². The van der Waals surface area contributed by atoms with Gasteiger partial charge in [0.2, 0.25) is 0 Å². The lowest BCUT2D eigenvalue weighted by Crippen LogP contribution is -2.46. The molecule has 2 heterocycles. The molecule has 0 saturated carbocycles. The Kier molecular flexibility index (Phi) is 7.45. The Morgan fingerprint density at radius 2 is 2.00 bits per heavy atom. The molecule has 0 radical (unpaired) electrons. The van der Waals surface area contributed by atoms with E-state index in [9.17, 15) is 0 Å². The van der Waals surface area contributed by atoms with Gasteiger partial charge in [-0.05, 0) is 34.1 Å². The van der Waals surface area contributed by atoms with Crippen LogP contribution in [0.15, 0.2) is 4.99 Å². The van der Waals surface area contributed by atoms with Gasteiger partial charge in [-0.3, -0.25) is 9.89 Å². The number of aliphatic imine (C=N–C) groups is 1. The fourth-order valence-corrected chi connectivity index (χ4v) is 3.84. The number of ether oxygens (including phenoxy) is 1. The second-order valence-corrected chi connectivity index (χ2v) is 7.76. The van der Waals surface area contributed by atoms with Crippen LogP contribution in [0.3, 0.4) is 0 Å². The highest BCUT2D eigenvalue weighted by atomic mass is 32.1. The molecule has 2 unspecified atom stereocenters. The summed E-state index contributed by atoms with van der Waals surface area (Å²) in [4.78, 5) is 12.6. The van der Waals surface area contributed by atoms with Crippen molar-refractivity contribution >= 4 is 17.3 Å². The van der Waals surface area contributed by atoms with Crippen LogP contribution in [0.25, 0.3) is 0 Å². The third-order valence-corrected chi connectivity index (χ3v) is 5.22. The molecule has 1 saturated heterocycles. The molecule has 1 aromatic rings. The van der Waals surface area contributed by atoms with Gasteiger partial charge in [-0.2, -0.15) is 0 Å². The lowest BCUT2D eigenvalue weighted by Gasteiger charge is -2.35. The minimum atomic E-state index is 0.335. The number of hydrogen-bond donors (Lipinski definition) is 2. The van der Waals surface area contributed by atoms with E-state index in [1.807, 2.05) is 0 Å². The van der Waals surface area contributed by atoms with E-state index in [0.717, 1.165) is 55.8 Å². The highest BCUT2D eigenvalue weighted by Gasteiger charge is 2.21. The summed E-state index contributed by atoms with van der Waals surface area (Å²) in [5.74, 6) is 0.837. The molecule has 1 aliphatic rings. The van der Waals surface area contributed by atoms with Crippen LogP contribution in [0, 0.1) is 13.8 Å². The van der Waals surface area contributed by atoms with E-state index in [2.05, 4.69) is 53.2 Å². The molecule has 7 heteroatoms. The maximum Gasteiger partial charge on any atom is 0.191 e. The van der Waals surface area contributed by atoms with Crippen molar-refractivity contribution in [3.05, 3.63) is 15.6 Å². The summed E-state index contributed by atoms with van der Waals surface area (Å²) in [7, 11) is 1.80. The van der Waals surface area contributed by atoms with Gasteiger partial charge in [0, 0.05) is 38.1 Å². The molecule has 2 rings (SSSR count). The summed E-state index contributed by atoms with van der Waals surface area (Å²) in [5.41, 5.74) is 1.12. The molecule has 24 heavy (non-hydrogen) atoms. The molecule has 1 aromatic heterocycles. The van der Waals surface area contributed by atoms with Gasteiger partial charge in [0.05, 0.1) is 24.4 Å². The third kappa shape index (κ3) is 6.03. The number of rotatable bonds is 6. The second-order valence-electron chi connectivity index (χ2n) is 6.47. The molecule has 1 fully saturated rings. The molecule has 0 spiro atoms. The number of aryl methyl sites for hydroxylation is 2. The maximum atomic E-state index is 5.77. The highest BCUT2D eigenvalue weighted by molar-refractivity contribution is 7.11. The molecular formula is C17H31N5OS. The molecular weight excluding hydrogens is 322 g/mol. The van der Waals surface area contributed by atoms with Crippen molar-refractivity contribution in [2.75, 3.05) is 33.2 Å². The summed E-state index contributed by atoms with van der Waals surface area (Å²) >= 11 is 1.74. The zero-order chi connectivity index (χ0) is 17.5. The van der Waals surface area contributed by atoms with Gasteiger partial charge in [-0.25, -0.2) is 4.98 Å². The lowest BCUT2D eigenvalue weighted by molar-refractivity contribution is -0.0679. The van der Waals surface area contributed by atoms with E-state index >= 15 is 0 Å². The van der Waals surface area contributed by atoms with Crippen molar-refractivity contribution < 1.29 is 4.74 Å². The summed E-state index contributed by atoms with van der Waals surface area (Å²) in [6, 6.07) is 0. The van der Waals surface area contributed by atoms with Crippen LogP contribution in [0.2, 0.25) is 0 Å². The quantitative estimate of drug-likeness (QED) is 0.465. The fraction of sp³-hybridized carbons (Fsp3) is 0.765. The lowest BCUT2D eigenvalue weighted by atomic mass is 10.2. The molecule has 6 nitrogen and oxygen atoms in total. The molecule has 0 aliphatic carbocycles. The van der Waals surface area contributed by atoms with Crippen molar-refractivity contribution in [1.82, 2.24) is 20.5 Å². The maximum absolute atomic E-state index is 5.77. The molecule has 0 bridgehead atoms. The Balaban J connectivity index is 1.64. The zero-order valence-electron chi connectivity index (χ0n) is 15.6. The molecule has 1 aliphatic heterocycles. The van der Waals surface area contributed by atoms with Crippen LogP contribution in [-0.4, -0.2) is 61.3 Å². The van der Waals surface area contributed by atoms with Crippen LogP contribution < -0.4 is 10.6 Å². The van der Waals surface area contributed by atoms with Crippen LogP contribution in [-0.2, 0) is 11.3 Å². The Morgan fingerprint density at radius 1 is 1.29 bits per heavy atom. The first-order valence-corrected chi connectivity index (χ1v) is 9.54. The van der Waals surface area contributed by atoms with Crippen molar-refractivity contribution in [2.45, 2.75) is 52.9 Å². The molecule has 0 aromatic carbocycles. The van der Waals surface area contributed by atoms with E-state index in [1.54, 1.807) is 18.4 Å². The predicted molar refractivity (Wildman–Crippen MR) is 101 cm³/mol. The molecule has 2 N–H and O–H groups in total. The SMILES string of the molecule is CN=C(NCCCN1CC(C)OC(C)C1)NCc1nc(C)c(C)s1. The Hall–Kier alpha value is -1.18. The molecule has 0 amide bonds. The zero-order valence-corrected chi connectivity index (χ0v) is 16.4.